The first-order valence-electron chi connectivity index (χ1n) is 13.4. The zero-order valence-electron chi connectivity index (χ0n) is 22.0. The lowest BCUT2D eigenvalue weighted by Gasteiger charge is -2.21. The van der Waals surface area contributed by atoms with E-state index in [0.717, 1.165) is 29.6 Å². The largest absolute Gasteiger partial charge is 0.394 e. The van der Waals surface area contributed by atoms with Crippen molar-refractivity contribution in [3.05, 3.63) is 88.9 Å². The molecule has 0 unspecified atom stereocenters. The number of aromatic nitrogens is 2. The standard InChI is InChI=1S/C31H33ClN4O3/c1-35(29(38)18-22-9-5-6-10-22)25-15-16-28-27(19-25)33-31(34-30(39)23-11-13-24(32)14-12-23)36(28)26(20-37)17-21-7-3-2-4-8-21/h2-4,7-8,11-16,19,22,26,37H,5-6,9-10,17-18,20H2,1H3,(H,33,34,39)/t26-/m0/s1. The molecule has 2 amide bonds. The quantitative estimate of drug-likeness (QED) is 0.260. The van der Waals surface area contributed by atoms with Crippen LogP contribution in [0.1, 0.15) is 54.1 Å². The molecule has 7 nitrogen and oxygen atoms in total. The van der Waals surface area contributed by atoms with Gasteiger partial charge < -0.3 is 14.6 Å². The number of aliphatic hydroxyl groups is 1. The van der Waals surface area contributed by atoms with E-state index in [9.17, 15) is 14.7 Å². The first-order chi connectivity index (χ1) is 18.9. The van der Waals surface area contributed by atoms with Crippen molar-refractivity contribution in [1.29, 1.82) is 0 Å². The van der Waals surface area contributed by atoms with E-state index in [-0.39, 0.29) is 24.5 Å². The lowest BCUT2D eigenvalue weighted by atomic mass is 10.0. The van der Waals surface area contributed by atoms with Crippen LogP contribution in [0.3, 0.4) is 0 Å². The summed E-state index contributed by atoms with van der Waals surface area (Å²) < 4.78 is 1.88. The van der Waals surface area contributed by atoms with Gasteiger partial charge in [0.05, 0.1) is 23.7 Å². The fourth-order valence-electron chi connectivity index (χ4n) is 5.39. The van der Waals surface area contributed by atoms with Gasteiger partial charge in [0, 0.05) is 29.7 Å². The van der Waals surface area contributed by atoms with Gasteiger partial charge in [-0.3, -0.25) is 14.9 Å². The minimum atomic E-state index is -0.370. The lowest BCUT2D eigenvalue weighted by Crippen LogP contribution is -2.27. The molecule has 8 heteroatoms. The molecular formula is C31H33ClN4O3. The number of halogens is 1. The van der Waals surface area contributed by atoms with Crippen LogP contribution in [0.25, 0.3) is 11.0 Å². The zero-order valence-corrected chi connectivity index (χ0v) is 22.8. The van der Waals surface area contributed by atoms with Crippen LogP contribution in [0.2, 0.25) is 5.02 Å². The smallest absolute Gasteiger partial charge is 0.257 e. The van der Waals surface area contributed by atoms with E-state index < -0.39 is 0 Å². The molecule has 3 aromatic carbocycles. The third-order valence-corrected chi connectivity index (χ3v) is 7.85. The van der Waals surface area contributed by atoms with E-state index in [1.165, 1.54) is 12.8 Å². The molecule has 1 aromatic heterocycles. The molecule has 39 heavy (non-hydrogen) atoms. The number of amides is 2. The van der Waals surface area contributed by atoms with Gasteiger partial charge in [-0.15, -0.1) is 0 Å². The number of fused-ring (bicyclic) bond motifs is 1. The van der Waals surface area contributed by atoms with E-state index in [0.29, 0.717) is 40.8 Å². The van der Waals surface area contributed by atoms with Crippen LogP contribution in [0.5, 0.6) is 0 Å². The van der Waals surface area contributed by atoms with Crippen molar-refractivity contribution in [3.8, 4) is 0 Å². The summed E-state index contributed by atoms with van der Waals surface area (Å²) in [6.45, 7) is -0.147. The first-order valence-corrected chi connectivity index (χ1v) is 13.8. The minimum Gasteiger partial charge on any atom is -0.394 e. The summed E-state index contributed by atoms with van der Waals surface area (Å²) in [6, 6.07) is 21.8. The van der Waals surface area contributed by atoms with E-state index >= 15 is 0 Å². The van der Waals surface area contributed by atoms with Gasteiger partial charge in [0.25, 0.3) is 5.91 Å². The van der Waals surface area contributed by atoms with Crippen molar-refractivity contribution in [2.45, 2.75) is 44.6 Å². The predicted octanol–water partition coefficient (Wildman–Crippen LogP) is 6.26. The Morgan fingerprint density at radius 3 is 2.49 bits per heavy atom. The fraction of sp³-hybridized carbons (Fsp3) is 0.323. The molecule has 4 aromatic rings. The summed E-state index contributed by atoms with van der Waals surface area (Å²) in [5.41, 5.74) is 3.64. The monoisotopic (exact) mass is 544 g/mol. The summed E-state index contributed by atoms with van der Waals surface area (Å²) in [4.78, 5) is 32.6. The lowest BCUT2D eigenvalue weighted by molar-refractivity contribution is -0.119. The van der Waals surface area contributed by atoms with Crippen LogP contribution in [0.4, 0.5) is 11.6 Å². The molecule has 0 bridgehead atoms. The second-order valence-corrected chi connectivity index (χ2v) is 10.7. The number of rotatable bonds is 9. The van der Waals surface area contributed by atoms with Crippen molar-refractivity contribution >= 4 is 46.1 Å². The van der Waals surface area contributed by atoms with Crippen LogP contribution >= 0.6 is 11.6 Å². The van der Waals surface area contributed by atoms with Crippen molar-refractivity contribution in [1.82, 2.24) is 9.55 Å². The second kappa shape index (κ2) is 12.0. The van der Waals surface area contributed by atoms with Gasteiger partial charge in [-0.05, 0) is 73.2 Å². The molecule has 1 aliphatic carbocycles. The topological polar surface area (TPSA) is 87.5 Å². The van der Waals surface area contributed by atoms with Gasteiger partial charge in [0.1, 0.15) is 0 Å². The van der Waals surface area contributed by atoms with E-state index in [2.05, 4.69) is 5.32 Å². The molecule has 1 fully saturated rings. The number of benzene rings is 3. The van der Waals surface area contributed by atoms with Gasteiger partial charge >= 0.3 is 0 Å². The summed E-state index contributed by atoms with van der Waals surface area (Å²) in [7, 11) is 1.80. The van der Waals surface area contributed by atoms with Crippen molar-refractivity contribution < 1.29 is 14.7 Å². The third kappa shape index (κ3) is 6.15. The Kier molecular flexibility index (Phi) is 8.29. The van der Waals surface area contributed by atoms with E-state index in [1.807, 2.05) is 53.1 Å². The van der Waals surface area contributed by atoms with Gasteiger partial charge in [-0.25, -0.2) is 4.98 Å². The molecule has 202 valence electrons. The first kappa shape index (κ1) is 26.9. The van der Waals surface area contributed by atoms with Gasteiger partial charge in [-0.2, -0.15) is 0 Å². The number of aliphatic hydroxyl groups excluding tert-OH is 1. The van der Waals surface area contributed by atoms with Crippen LogP contribution in [-0.2, 0) is 11.2 Å². The second-order valence-electron chi connectivity index (χ2n) is 10.3. The normalized spacial score (nSPS) is 14.4. The number of carbonyl (C=O) groups excluding carboxylic acids is 2. The highest BCUT2D eigenvalue weighted by molar-refractivity contribution is 6.30. The van der Waals surface area contributed by atoms with Gasteiger partial charge in [0.2, 0.25) is 11.9 Å². The zero-order chi connectivity index (χ0) is 27.4. The summed E-state index contributed by atoms with van der Waals surface area (Å²) >= 11 is 6.00. The Morgan fingerprint density at radius 2 is 1.79 bits per heavy atom. The maximum Gasteiger partial charge on any atom is 0.257 e. The highest BCUT2D eigenvalue weighted by Crippen LogP contribution is 2.32. The number of hydrogen-bond donors (Lipinski definition) is 2. The van der Waals surface area contributed by atoms with Gasteiger partial charge in [-0.1, -0.05) is 54.8 Å². The molecule has 0 aliphatic heterocycles. The molecule has 0 radical (unpaired) electrons. The number of nitrogens with one attached hydrogen (secondary N) is 1. The minimum absolute atomic E-state index is 0.0919. The number of nitrogens with zero attached hydrogens (tertiary/aromatic N) is 3. The molecule has 0 saturated heterocycles. The molecular weight excluding hydrogens is 512 g/mol. The Bertz CT molecular complexity index is 1450. The molecule has 1 heterocycles. The third-order valence-electron chi connectivity index (χ3n) is 7.59. The Balaban J connectivity index is 1.49. The maximum absolute atomic E-state index is 13.1. The molecule has 5 rings (SSSR count). The molecule has 0 spiro atoms. The summed E-state index contributed by atoms with van der Waals surface area (Å²) in [5, 5.41) is 13.9. The van der Waals surface area contributed by atoms with Crippen molar-refractivity contribution in [2.75, 3.05) is 23.9 Å². The predicted molar refractivity (Wildman–Crippen MR) is 155 cm³/mol. The number of anilines is 2. The van der Waals surface area contributed by atoms with E-state index in [1.54, 1.807) is 36.2 Å². The van der Waals surface area contributed by atoms with Crippen LogP contribution in [-0.4, -0.2) is 40.1 Å². The molecule has 1 aliphatic rings. The highest BCUT2D eigenvalue weighted by atomic mass is 35.5. The number of imidazole rings is 1. The average Bonchev–Trinajstić information content (AvgIpc) is 3.59. The van der Waals surface area contributed by atoms with Crippen molar-refractivity contribution in [3.63, 3.8) is 0 Å². The molecule has 1 atom stereocenters. The Morgan fingerprint density at radius 1 is 1.08 bits per heavy atom. The molecule has 2 N–H and O–H groups in total. The van der Waals surface area contributed by atoms with Crippen LogP contribution < -0.4 is 10.2 Å². The Hall–Kier alpha value is -3.68. The van der Waals surface area contributed by atoms with E-state index in [4.69, 9.17) is 16.6 Å². The number of hydrogen-bond acceptors (Lipinski definition) is 4. The van der Waals surface area contributed by atoms with Crippen molar-refractivity contribution in [2.24, 2.45) is 5.92 Å². The molecule has 1 saturated carbocycles. The fourth-order valence-corrected chi connectivity index (χ4v) is 5.52. The summed E-state index contributed by atoms with van der Waals surface area (Å²) in [6.07, 6.45) is 5.73. The highest BCUT2D eigenvalue weighted by Gasteiger charge is 2.24. The SMILES string of the molecule is CN(C(=O)CC1CCCC1)c1ccc2c(c1)nc(NC(=O)c1ccc(Cl)cc1)n2[C@H](CO)Cc1ccccc1. The van der Waals surface area contributed by atoms with Crippen LogP contribution in [0.15, 0.2) is 72.8 Å². The average molecular weight is 545 g/mol. The van der Waals surface area contributed by atoms with Gasteiger partial charge in [0.15, 0.2) is 0 Å². The summed E-state index contributed by atoms with van der Waals surface area (Å²) in [5.74, 6) is 0.552. The number of carbonyl (C=O) groups is 2. The van der Waals surface area contributed by atoms with Crippen LogP contribution in [0, 0.1) is 5.92 Å². The maximum atomic E-state index is 13.1. The Labute approximate surface area is 233 Å².